The minimum Gasteiger partial charge on any atom is -0.324 e. The molecule has 3 aromatic rings. The van der Waals surface area contributed by atoms with Crippen molar-refractivity contribution in [2.75, 3.05) is 18.9 Å². The van der Waals surface area contributed by atoms with E-state index >= 15 is 0 Å². The number of carbonyl (C=O) groups excluding carboxylic acids is 1. The number of benzene rings is 3. The van der Waals surface area contributed by atoms with Crippen molar-refractivity contribution in [2.24, 2.45) is 0 Å². The average Bonchev–Trinajstić information content (AvgIpc) is 2.64. The first-order valence-corrected chi connectivity index (χ1v) is 9.29. The van der Waals surface area contributed by atoms with Crippen molar-refractivity contribution in [1.29, 1.82) is 0 Å². The zero-order chi connectivity index (χ0) is 18.4. The van der Waals surface area contributed by atoms with Crippen LogP contribution in [0.4, 0.5) is 5.69 Å². The number of nitrogens with one attached hydrogen (secondary N) is 1. The molecule has 0 spiro atoms. The second-order valence-electron chi connectivity index (χ2n) is 6.22. The van der Waals surface area contributed by atoms with Crippen LogP contribution in [-0.2, 0) is 11.3 Å². The van der Waals surface area contributed by atoms with Crippen molar-refractivity contribution in [3.8, 4) is 11.1 Å². The van der Waals surface area contributed by atoms with Gasteiger partial charge < -0.3 is 5.32 Å². The summed E-state index contributed by atoms with van der Waals surface area (Å²) in [4.78, 5) is 14.4. The summed E-state index contributed by atoms with van der Waals surface area (Å²) in [6.45, 7) is 1.03. The summed E-state index contributed by atoms with van der Waals surface area (Å²) >= 11 is 3.45. The van der Waals surface area contributed by atoms with Gasteiger partial charge in [0.15, 0.2) is 0 Å². The van der Waals surface area contributed by atoms with E-state index in [-0.39, 0.29) is 5.91 Å². The molecule has 26 heavy (non-hydrogen) atoms. The standard InChI is InChI=1S/C22H21BrN2O/c1-25(16-22(26)24-21-14-8-7-13-20(21)23)15-18-11-5-6-12-19(18)17-9-3-2-4-10-17/h2-14H,15-16H2,1H3,(H,24,26). The predicted octanol–water partition coefficient (Wildman–Crippen LogP) is 5.19. The van der Waals surface area contributed by atoms with Gasteiger partial charge in [-0.2, -0.15) is 0 Å². The SMILES string of the molecule is CN(CC(=O)Nc1ccccc1Br)Cc1ccccc1-c1ccccc1. The normalized spacial score (nSPS) is 10.7. The summed E-state index contributed by atoms with van der Waals surface area (Å²) in [7, 11) is 1.96. The number of anilines is 1. The van der Waals surface area contributed by atoms with Crippen LogP contribution in [0.5, 0.6) is 0 Å². The van der Waals surface area contributed by atoms with Crippen molar-refractivity contribution in [2.45, 2.75) is 6.54 Å². The van der Waals surface area contributed by atoms with Crippen LogP contribution in [0, 0.1) is 0 Å². The van der Waals surface area contributed by atoms with Gasteiger partial charge in [0.2, 0.25) is 5.91 Å². The summed E-state index contributed by atoms with van der Waals surface area (Å²) in [5, 5.41) is 2.95. The van der Waals surface area contributed by atoms with Crippen LogP contribution in [0.25, 0.3) is 11.1 Å². The molecule has 3 rings (SSSR count). The van der Waals surface area contributed by atoms with E-state index in [9.17, 15) is 4.79 Å². The topological polar surface area (TPSA) is 32.3 Å². The largest absolute Gasteiger partial charge is 0.324 e. The molecule has 0 radical (unpaired) electrons. The Morgan fingerprint density at radius 3 is 2.35 bits per heavy atom. The van der Waals surface area contributed by atoms with Crippen molar-refractivity contribution in [3.63, 3.8) is 0 Å². The summed E-state index contributed by atoms with van der Waals surface area (Å²) in [5.41, 5.74) is 4.38. The molecule has 0 aliphatic rings. The van der Waals surface area contributed by atoms with E-state index in [1.54, 1.807) is 0 Å². The lowest BCUT2D eigenvalue weighted by molar-refractivity contribution is -0.117. The second kappa shape index (κ2) is 8.79. The van der Waals surface area contributed by atoms with Crippen LogP contribution < -0.4 is 5.32 Å². The maximum atomic E-state index is 12.3. The van der Waals surface area contributed by atoms with Gasteiger partial charge in [-0.25, -0.2) is 0 Å². The van der Waals surface area contributed by atoms with Crippen LogP contribution in [0.3, 0.4) is 0 Å². The average molecular weight is 409 g/mol. The van der Waals surface area contributed by atoms with Gasteiger partial charge in [-0.15, -0.1) is 0 Å². The lowest BCUT2D eigenvalue weighted by atomic mass is 9.99. The van der Waals surface area contributed by atoms with Gasteiger partial charge in [0.05, 0.1) is 12.2 Å². The first-order chi connectivity index (χ1) is 12.6. The summed E-state index contributed by atoms with van der Waals surface area (Å²) in [6, 6.07) is 26.3. The molecule has 0 heterocycles. The number of halogens is 1. The van der Waals surface area contributed by atoms with Crippen LogP contribution in [0.15, 0.2) is 83.3 Å². The van der Waals surface area contributed by atoms with Crippen LogP contribution in [0.2, 0.25) is 0 Å². The molecular weight excluding hydrogens is 388 g/mol. The molecule has 1 amide bonds. The molecule has 0 saturated carbocycles. The molecule has 0 unspecified atom stereocenters. The van der Waals surface area contributed by atoms with Crippen molar-refractivity contribution in [1.82, 2.24) is 4.90 Å². The molecule has 0 aliphatic carbocycles. The molecule has 3 nitrogen and oxygen atoms in total. The number of carbonyl (C=O) groups is 1. The van der Waals surface area contributed by atoms with Gasteiger partial charge in [-0.3, -0.25) is 9.69 Å². The number of amides is 1. The molecule has 132 valence electrons. The van der Waals surface area contributed by atoms with Crippen molar-refractivity contribution in [3.05, 3.63) is 88.9 Å². The maximum Gasteiger partial charge on any atom is 0.238 e. The highest BCUT2D eigenvalue weighted by Gasteiger charge is 2.11. The monoisotopic (exact) mass is 408 g/mol. The van der Waals surface area contributed by atoms with E-state index in [1.807, 2.05) is 66.5 Å². The van der Waals surface area contributed by atoms with Crippen molar-refractivity contribution >= 4 is 27.5 Å². The number of hydrogen-bond acceptors (Lipinski definition) is 2. The Kier molecular flexibility index (Phi) is 6.21. The smallest absolute Gasteiger partial charge is 0.238 e. The summed E-state index contributed by atoms with van der Waals surface area (Å²) < 4.78 is 0.880. The fourth-order valence-corrected chi connectivity index (χ4v) is 3.29. The fourth-order valence-electron chi connectivity index (χ4n) is 2.90. The second-order valence-corrected chi connectivity index (χ2v) is 7.08. The quantitative estimate of drug-likeness (QED) is 0.608. The number of likely N-dealkylation sites (N-methyl/N-ethyl adjacent to an activating group) is 1. The maximum absolute atomic E-state index is 12.3. The third-order valence-corrected chi connectivity index (χ3v) is 4.80. The van der Waals surface area contributed by atoms with E-state index in [4.69, 9.17) is 0 Å². The lowest BCUT2D eigenvalue weighted by Crippen LogP contribution is -2.30. The van der Waals surface area contributed by atoms with E-state index < -0.39 is 0 Å². The Balaban J connectivity index is 1.66. The number of nitrogens with zero attached hydrogens (tertiary/aromatic N) is 1. The Bertz CT molecular complexity index is 880. The Morgan fingerprint density at radius 1 is 0.923 bits per heavy atom. The molecule has 0 atom stereocenters. The highest BCUT2D eigenvalue weighted by molar-refractivity contribution is 9.10. The Labute approximate surface area is 162 Å². The molecule has 4 heteroatoms. The van der Waals surface area contributed by atoms with Gasteiger partial charge in [0.25, 0.3) is 0 Å². The molecule has 0 aromatic heterocycles. The minimum atomic E-state index is -0.0309. The van der Waals surface area contributed by atoms with Crippen LogP contribution in [-0.4, -0.2) is 24.4 Å². The van der Waals surface area contributed by atoms with Gasteiger partial charge >= 0.3 is 0 Å². The zero-order valence-corrected chi connectivity index (χ0v) is 16.2. The van der Waals surface area contributed by atoms with Gasteiger partial charge in [0, 0.05) is 11.0 Å². The lowest BCUT2D eigenvalue weighted by Gasteiger charge is -2.19. The number of rotatable bonds is 6. The van der Waals surface area contributed by atoms with Gasteiger partial charge in [0.1, 0.15) is 0 Å². The third-order valence-electron chi connectivity index (χ3n) is 4.10. The number of para-hydroxylation sites is 1. The number of hydrogen-bond donors (Lipinski definition) is 1. The predicted molar refractivity (Wildman–Crippen MR) is 111 cm³/mol. The summed E-state index contributed by atoms with van der Waals surface area (Å²) in [5.74, 6) is -0.0309. The first kappa shape index (κ1) is 18.4. The fraction of sp³-hybridized carbons (Fsp3) is 0.136. The van der Waals surface area contributed by atoms with Gasteiger partial charge in [-0.05, 0) is 51.8 Å². The molecule has 0 bridgehead atoms. The zero-order valence-electron chi connectivity index (χ0n) is 14.7. The highest BCUT2D eigenvalue weighted by atomic mass is 79.9. The van der Waals surface area contributed by atoms with Crippen LogP contribution in [0.1, 0.15) is 5.56 Å². The molecule has 0 aliphatic heterocycles. The van der Waals surface area contributed by atoms with E-state index in [2.05, 4.69) is 45.5 Å². The molecule has 0 saturated heterocycles. The Hall–Kier alpha value is -2.43. The van der Waals surface area contributed by atoms with E-state index in [1.165, 1.54) is 16.7 Å². The van der Waals surface area contributed by atoms with E-state index in [0.717, 1.165) is 10.2 Å². The van der Waals surface area contributed by atoms with Gasteiger partial charge in [-0.1, -0.05) is 66.7 Å². The Morgan fingerprint density at radius 2 is 1.58 bits per heavy atom. The molecule has 1 N–H and O–H groups in total. The van der Waals surface area contributed by atoms with Crippen molar-refractivity contribution < 1.29 is 4.79 Å². The summed E-state index contributed by atoms with van der Waals surface area (Å²) in [6.07, 6.45) is 0. The molecule has 3 aromatic carbocycles. The van der Waals surface area contributed by atoms with Crippen LogP contribution >= 0.6 is 15.9 Å². The molecular formula is C22H21BrN2O. The highest BCUT2D eigenvalue weighted by Crippen LogP contribution is 2.24. The van der Waals surface area contributed by atoms with E-state index in [0.29, 0.717) is 13.1 Å². The molecule has 0 fully saturated rings. The minimum absolute atomic E-state index is 0.0309. The third kappa shape index (κ3) is 4.81. The first-order valence-electron chi connectivity index (χ1n) is 8.50.